The van der Waals surface area contributed by atoms with Crippen molar-refractivity contribution < 1.29 is 23.1 Å². The van der Waals surface area contributed by atoms with Gasteiger partial charge in [-0.15, -0.1) is 0 Å². The van der Waals surface area contributed by atoms with E-state index in [4.69, 9.17) is 15.3 Å². The van der Waals surface area contributed by atoms with Gasteiger partial charge in [-0.2, -0.15) is 8.78 Å². The van der Waals surface area contributed by atoms with Crippen LogP contribution in [-0.4, -0.2) is 17.0 Å². The number of carboxylic acid groups (broad SMARTS) is 1. The van der Waals surface area contributed by atoms with Crippen molar-refractivity contribution in [2.75, 3.05) is 0 Å². The van der Waals surface area contributed by atoms with Gasteiger partial charge in [-0.05, 0) is 19.1 Å². The molecule has 0 saturated carbocycles. The fourth-order valence-corrected chi connectivity index (χ4v) is 0.932. The molecule has 0 fully saturated rings. The van der Waals surface area contributed by atoms with Crippen LogP contribution in [-0.2, 0) is 4.79 Å². The van der Waals surface area contributed by atoms with Gasteiger partial charge >= 0.3 is 11.9 Å². The lowest BCUT2D eigenvalue weighted by Crippen LogP contribution is -2.40. The van der Waals surface area contributed by atoms with Gasteiger partial charge in [0.15, 0.2) is 0 Å². The maximum Gasteiger partial charge on any atom is 0.376 e. The number of halogens is 2. The molecule has 0 spiro atoms. The number of hydrogen-bond acceptors (Lipinski definition) is 3. The Bertz CT molecular complexity index is 348. The molecule has 0 aliphatic carbocycles. The van der Waals surface area contributed by atoms with Crippen molar-refractivity contribution in [3.05, 3.63) is 23.7 Å². The van der Waals surface area contributed by atoms with Crippen molar-refractivity contribution >= 4 is 5.97 Å². The molecule has 1 rings (SSSR count). The van der Waals surface area contributed by atoms with E-state index in [1.165, 1.54) is 12.1 Å². The molecule has 0 amide bonds. The first-order valence-corrected chi connectivity index (χ1v) is 3.79. The normalized spacial score (nSPS) is 14.0. The summed E-state index contributed by atoms with van der Waals surface area (Å²) in [4.78, 5) is 10.2. The van der Waals surface area contributed by atoms with Crippen molar-refractivity contribution in [3.63, 3.8) is 0 Å². The SMILES string of the molecule is Cc1ccc([C@@H](N)C(F)(F)C(=O)O)o1. The highest BCUT2D eigenvalue weighted by Crippen LogP contribution is 2.30. The quantitative estimate of drug-likeness (QED) is 0.779. The predicted molar refractivity (Wildman–Crippen MR) is 43.0 cm³/mol. The maximum absolute atomic E-state index is 12.9. The molecule has 0 aliphatic heterocycles. The Labute approximate surface area is 78.3 Å². The van der Waals surface area contributed by atoms with Crippen LogP contribution in [0.25, 0.3) is 0 Å². The molecule has 1 aromatic heterocycles. The number of nitrogens with two attached hydrogens (primary N) is 1. The first-order valence-electron chi connectivity index (χ1n) is 3.79. The van der Waals surface area contributed by atoms with Crippen molar-refractivity contribution in [1.29, 1.82) is 0 Å². The second-order valence-electron chi connectivity index (χ2n) is 2.85. The molecule has 0 radical (unpaired) electrons. The highest BCUT2D eigenvalue weighted by molar-refractivity contribution is 5.76. The van der Waals surface area contributed by atoms with Gasteiger partial charge in [0, 0.05) is 0 Å². The average molecular weight is 205 g/mol. The van der Waals surface area contributed by atoms with Crippen LogP contribution < -0.4 is 5.73 Å². The summed E-state index contributed by atoms with van der Waals surface area (Å²) in [5.74, 6) is -6.13. The molecule has 1 heterocycles. The number of aliphatic carboxylic acids is 1. The molecule has 14 heavy (non-hydrogen) atoms. The van der Waals surface area contributed by atoms with Crippen molar-refractivity contribution in [2.24, 2.45) is 5.73 Å². The van der Waals surface area contributed by atoms with Gasteiger partial charge < -0.3 is 15.3 Å². The van der Waals surface area contributed by atoms with E-state index in [0.29, 0.717) is 5.76 Å². The van der Waals surface area contributed by atoms with Crippen LogP contribution in [0.3, 0.4) is 0 Å². The topological polar surface area (TPSA) is 76.5 Å². The summed E-state index contributed by atoms with van der Waals surface area (Å²) < 4.78 is 30.5. The molecule has 0 saturated heterocycles. The molecule has 1 aromatic rings. The van der Waals surface area contributed by atoms with Gasteiger partial charge in [0.2, 0.25) is 0 Å². The third-order valence-electron chi connectivity index (χ3n) is 1.74. The zero-order valence-electron chi connectivity index (χ0n) is 7.33. The summed E-state index contributed by atoms with van der Waals surface area (Å²) in [7, 11) is 0. The van der Waals surface area contributed by atoms with Crippen LogP contribution in [0.5, 0.6) is 0 Å². The molecular weight excluding hydrogens is 196 g/mol. The molecule has 78 valence electrons. The number of furan rings is 1. The van der Waals surface area contributed by atoms with Gasteiger partial charge in [0.1, 0.15) is 17.6 Å². The summed E-state index contributed by atoms with van der Waals surface area (Å²) in [6, 6.07) is 0.706. The lowest BCUT2D eigenvalue weighted by atomic mass is 10.1. The van der Waals surface area contributed by atoms with Crippen molar-refractivity contribution in [3.8, 4) is 0 Å². The first kappa shape index (κ1) is 10.6. The summed E-state index contributed by atoms with van der Waals surface area (Å²) in [5, 5.41) is 8.21. The fraction of sp³-hybridized carbons (Fsp3) is 0.375. The number of carbonyl (C=O) groups is 1. The van der Waals surface area contributed by atoms with Crippen molar-refractivity contribution in [2.45, 2.75) is 18.9 Å². The molecule has 1 atom stereocenters. The standard InChI is InChI=1S/C8H9F2NO3/c1-4-2-3-5(14-4)6(11)8(9,10)7(12)13/h2-3,6H,11H2,1H3,(H,12,13)/t6-/m1/s1. The van der Waals surface area contributed by atoms with Crippen molar-refractivity contribution in [1.82, 2.24) is 0 Å². The number of rotatable bonds is 3. The predicted octanol–water partition coefficient (Wildman–Crippen LogP) is 1.31. The summed E-state index contributed by atoms with van der Waals surface area (Å²) in [6.45, 7) is 1.55. The van der Waals surface area contributed by atoms with Crippen LogP contribution in [0, 0.1) is 6.92 Å². The average Bonchev–Trinajstić information content (AvgIpc) is 2.50. The molecule has 4 nitrogen and oxygen atoms in total. The Morgan fingerprint density at radius 2 is 2.21 bits per heavy atom. The molecule has 0 bridgehead atoms. The fourth-order valence-electron chi connectivity index (χ4n) is 0.932. The third kappa shape index (κ3) is 1.74. The van der Waals surface area contributed by atoms with E-state index in [0.717, 1.165) is 0 Å². The Morgan fingerprint density at radius 3 is 2.57 bits per heavy atom. The second-order valence-corrected chi connectivity index (χ2v) is 2.85. The minimum Gasteiger partial charge on any atom is -0.477 e. The Kier molecular flexibility index (Phi) is 2.57. The third-order valence-corrected chi connectivity index (χ3v) is 1.74. The van der Waals surface area contributed by atoms with E-state index < -0.39 is 17.9 Å². The van der Waals surface area contributed by atoms with Crippen LogP contribution in [0.15, 0.2) is 16.5 Å². The van der Waals surface area contributed by atoms with Gasteiger partial charge in [-0.1, -0.05) is 0 Å². The number of hydrogen-bond donors (Lipinski definition) is 2. The van der Waals surface area contributed by atoms with Gasteiger partial charge in [0.05, 0.1) is 0 Å². The summed E-state index contributed by atoms with van der Waals surface area (Å²) in [5.41, 5.74) is 5.06. The molecule has 0 aromatic carbocycles. The molecular formula is C8H9F2NO3. The smallest absolute Gasteiger partial charge is 0.376 e. The second kappa shape index (κ2) is 3.38. The molecule has 0 unspecified atom stereocenters. The monoisotopic (exact) mass is 205 g/mol. The zero-order chi connectivity index (χ0) is 10.9. The largest absolute Gasteiger partial charge is 0.477 e. The molecule has 6 heteroatoms. The lowest BCUT2D eigenvalue weighted by molar-refractivity contribution is -0.168. The van der Waals surface area contributed by atoms with Crippen LogP contribution in [0.4, 0.5) is 8.78 Å². The molecule has 3 N–H and O–H groups in total. The maximum atomic E-state index is 12.9. The zero-order valence-corrected chi connectivity index (χ0v) is 7.33. The Hall–Kier alpha value is -1.43. The number of alkyl halides is 2. The first-order chi connectivity index (χ1) is 6.35. The molecule has 0 aliphatic rings. The van der Waals surface area contributed by atoms with Crippen LogP contribution in [0.2, 0.25) is 0 Å². The number of carboxylic acids is 1. The highest BCUT2D eigenvalue weighted by Gasteiger charge is 2.47. The van der Waals surface area contributed by atoms with Gasteiger partial charge in [-0.3, -0.25) is 0 Å². The van der Waals surface area contributed by atoms with E-state index in [1.54, 1.807) is 6.92 Å². The van der Waals surface area contributed by atoms with E-state index in [9.17, 15) is 13.6 Å². The van der Waals surface area contributed by atoms with E-state index in [1.807, 2.05) is 0 Å². The number of aryl methyl sites for hydroxylation is 1. The Balaban J connectivity index is 2.95. The minimum absolute atomic E-state index is 0.241. The lowest BCUT2D eigenvalue weighted by Gasteiger charge is -2.16. The Morgan fingerprint density at radius 1 is 1.64 bits per heavy atom. The highest BCUT2D eigenvalue weighted by atomic mass is 19.3. The van der Waals surface area contributed by atoms with Crippen LogP contribution >= 0.6 is 0 Å². The minimum atomic E-state index is -4.02. The summed E-state index contributed by atoms with van der Waals surface area (Å²) >= 11 is 0. The van der Waals surface area contributed by atoms with E-state index >= 15 is 0 Å². The van der Waals surface area contributed by atoms with E-state index in [-0.39, 0.29) is 5.76 Å². The summed E-state index contributed by atoms with van der Waals surface area (Å²) in [6.07, 6.45) is 0. The van der Waals surface area contributed by atoms with E-state index in [2.05, 4.69) is 0 Å². The van der Waals surface area contributed by atoms with Gasteiger partial charge in [-0.25, -0.2) is 4.79 Å². The van der Waals surface area contributed by atoms with Crippen LogP contribution in [0.1, 0.15) is 17.6 Å². The van der Waals surface area contributed by atoms with Gasteiger partial charge in [0.25, 0.3) is 0 Å².